The summed E-state index contributed by atoms with van der Waals surface area (Å²) in [6, 6.07) is 1.00. The summed E-state index contributed by atoms with van der Waals surface area (Å²) >= 11 is 0. The fourth-order valence-electron chi connectivity index (χ4n) is 2.38. The lowest BCUT2D eigenvalue weighted by Gasteiger charge is -2.37. The molecule has 0 spiro atoms. The Kier molecular flexibility index (Phi) is 3.48. The van der Waals surface area contributed by atoms with E-state index >= 15 is 0 Å². The van der Waals surface area contributed by atoms with Crippen LogP contribution in [0.4, 0.5) is 4.79 Å². The summed E-state index contributed by atoms with van der Waals surface area (Å²) in [6.45, 7) is 2.77. The van der Waals surface area contributed by atoms with Crippen LogP contribution in [0.2, 0.25) is 0 Å². The van der Waals surface area contributed by atoms with E-state index in [9.17, 15) is 18.0 Å². The number of nitrogens with one attached hydrogen (secondary N) is 1. The maximum Gasteiger partial charge on any atom is 0.339 e. The number of nitriles is 1. The molecular weight excluding hydrogens is 298 g/mol. The molecule has 2 heterocycles. The van der Waals surface area contributed by atoms with E-state index in [0.717, 1.165) is 4.31 Å². The molecule has 0 atom stereocenters. The van der Waals surface area contributed by atoms with E-state index in [0.29, 0.717) is 4.31 Å². The fraction of sp³-hybridized carbons (Fsp3) is 0.727. The van der Waals surface area contributed by atoms with Gasteiger partial charge in [-0.25, -0.2) is 4.79 Å². The largest absolute Gasteiger partial charge is 0.339 e. The third kappa shape index (κ3) is 2.37. The maximum absolute atomic E-state index is 12.6. The Bertz CT molecular complexity index is 627. The molecule has 9 nitrogen and oxygen atoms in total. The van der Waals surface area contributed by atoms with Crippen molar-refractivity contribution in [3.63, 3.8) is 0 Å². The van der Waals surface area contributed by atoms with Gasteiger partial charge in [0, 0.05) is 13.1 Å². The van der Waals surface area contributed by atoms with Gasteiger partial charge < -0.3 is 5.73 Å². The molecule has 2 aliphatic heterocycles. The van der Waals surface area contributed by atoms with E-state index in [1.54, 1.807) is 0 Å². The van der Waals surface area contributed by atoms with Crippen LogP contribution in [-0.4, -0.2) is 53.1 Å². The first-order valence-electron chi connectivity index (χ1n) is 6.41. The summed E-state index contributed by atoms with van der Waals surface area (Å²) in [6.07, 6.45) is 0.346. The van der Waals surface area contributed by atoms with Gasteiger partial charge in [-0.2, -0.15) is 22.3 Å². The van der Waals surface area contributed by atoms with Crippen molar-refractivity contribution in [2.45, 2.75) is 37.8 Å². The smallest absolute Gasteiger partial charge is 0.313 e. The van der Waals surface area contributed by atoms with Crippen LogP contribution in [0.15, 0.2) is 0 Å². The highest BCUT2D eigenvalue weighted by molar-refractivity contribution is 7.87. The molecule has 2 aliphatic rings. The van der Waals surface area contributed by atoms with Crippen molar-refractivity contribution < 1.29 is 18.0 Å². The molecule has 10 heteroatoms. The number of nitrogens with two attached hydrogens (primary N) is 1. The second kappa shape index (κ2) is 4.66. The van der Waals surface area contributed by atoms with Gasteiger partial charge in [0.25, 0.3) is 5.91 Å². The molecule has 0 aromatic heterocycles. The number of hydrogen-bond acceptors (Lipinski definition) is 6. The van der Waals surface area contributed by atoms with E-state index < -0.39 is 33.2 Å². The van der Waals surface area contributed by atoms with Gasteiger partial charge in [0.1, 0.15) is 11.1 Å². The van der Waals surface area contributed by atoms with Crippen molar-refractivity contribution in [3.8, 4) is 6.07 Å². The molecule has 0 saturated carbocycles. The molecule has 2 fully saturated rings. The first-order chi connectivity index (χ1) is 9.54. The van der Waals surface area contributed by atoms with Crippen LogP contribution >= 0.6 is 0 Å². The van der Waals surface area contributed by atoms with Crippen LogP contribution in [0.1, 0.15) is 26.7 Å². The summed E-state index contributed by atoms with van der Waals surface area (Å²) in [7, 11) is -4.14. The molecule has 2 rings (SSSR count). The van der Waals surface area contributed by atoms with E-state index in [1.165, 1.54) is 13.8 Å². The quantitative estimate of drug-likeness (QED) is 0.619. The fourth-order valence-corrected chi connectivity index (χ4v) is 4.17. The summed E-state index contributed by atoms with van der Waals surface area (Å²) in [4.78, 5) is 23.5. The highest BCUT2D eigenvalue weighted by atomic mass is 32.2. The second-order valence-corrected chi connectivity index (χ2v) is 7.53. The lowest BCUT2D eigenvalue weighted by Crippen LogP contribution is -2.57. The Balaban J connectivity index is 2.27. The van der Waals surface area contributed by atoms with Crippen molar-refractivity contribution in [2.24, 2.45) is 5.73 Å². The Morgan fingerprint density at radius 1 is 1.29 bits per heavy atom. The monoisotopic (exact) mass is 315 g/mol. The van der Waals surface area contributed by atoms with Gasteiger partial charge in [0.2, 0.25) is 0 Å². The van der Waals surface area contributed by atoms with Gasteiger partial charge >= 0.3 is 16.2 Å². The molecule has 0 aromatic carbocycles. The van der Waals surface area contributed by atoms with Gasteiger partial charge in [0.05, 0.1) is 6.07 Å². The Morgan fingerprint density at radius 3 is 2.19 bits per heavy atom. The van der Waals surface area contributed by atoms with Gasteiger partial charge in [-0.3, -0.25) is 10.1 Å². The molecule has 0 bridgehead atoms. The molecule has 3 N–H and O–H groups in total. The zero-order chi connectivity index (χ0) is 16.1. The third-order valence-corrected chi connectivity index (χ3v) is 5.96. The topological polar surface area (TPSA) is 137 Å². The molecule has 0 aromatic rings. The number of hydrogen-bond donors (Lipinski definition) is 2. The first-order valence-corrected chi connectivity index (χ1v) is 7.80. The first kappa shape index (κ1) is 15.7. The predicted molar refractivity (Wildman–Crippen MR) is 71.7 cm³/mol. The van der Waals surface area contributed by atoms with Gasteiger partial charge in [0.15, 0.2) is 0 Å². The SMILES string of the molecule is CC1(C)C(=O)NC(=O)N1S(=O)(=O)N1CCC(N)(C#N)CC1. The zero-order valence-electron chi connectivity index (χ0n) is 11.8. The summed E-state index contributed by atoms with van der Waals surface area (Å²) < 4.78 is 26.8. The summed E-state index contributed by atoms with van der Waals surface area (Å²) in [5.74, 6) is -0.668. The molecule has 21 heavy (non-hydrogen) atoms. The number of imide groups is 1. The average molecular weight is 315 g/mol. The van der Waals surface area contributed by atoms with Crippen LogP contribution in [0.5, 0.6) is 0 Å². The molecule has 0 aliphatic carbocycles. The van der Waals surface area contributed by atoms with Crippen molar-refractivity contribution >= 4 is 22.1 Å². The minimum absolute atomic E-state index is 0.0282. The second-order valence-electron chi connectivity index (χ2n) is 5.76. The number of nitrogens with zero attached hydrogens (tertiary/aromatic N) is 3. The average Bonchev–Trinajstić information content (AvgIpc) is 2.59. The number of amides is 3. The Labute approximate surface area is 122 Å². The molecular formula is C11H17N5O4S. The number of rotatable bonds is 2. The van der Waals surface area contributed by atoms with E-state index in [1.807, 2.05) is 11.4 Å². The molecule has 3 amide bonds. The minimum Gasteiger partial charge on any atom is -0.313 e. The van der Waals surface area contributed by atoms with Crippen molar-refractivity contribution in [2.75, 3.05) is 13.1 Å². The van der Waals surface area contributed by atoms with Crippen LogP contribution in [0.3, 0.4) is 0 Å². The summed E-state index contributed by atoms with van der Waals surface area (Å²) in [5, 5.41) is 10.9. The summed E-state index contributed by atoms with van der Waals surface area (Å²) in [5.41, 5.74) is 3.26. The van der Waals surface area contributed by atoms with Crippen molar-refractivity contribution in [3.05, 3.63) is 0 Å². The van der Waals surface area contributed by atoms with Gasteiger partial charge in [-0.15, -0.1) is 0 Å². The standard InChI is InChI=1S/C11H17N5O4S/c1-10(2)8(17)14-9(18)16(10)21(19,20)15-5-3-11(13,7-12)4-6-15/h3-6,13H2,1-2H3,(H,14,17,18). The number of carbonyl (C=O) groups excluding carboxylic acids is 2. The molecule has 0 unspecified atom stereocenters. The lowest BCUT2D eigenvalue weighted by molar-refractivity contribution is -0.124. The number of urea groups is 1. The van der Waals surface area contributed by atoms with Crippen LogP contribution < -0.4 is 11.1 Å². The third-order valence-electron chi connectivity index (χ3n) is 3.86. The van der Waals surface area contributed by atoms with Crippen LogP contribution in [-0.2, 0) is 15.0 Å². The maximum atomic E-state index is 12.6. The van der Waals surface area contributed by atoms with E-state index in [2.05, 4.69) is 0 Å². The van der Waals surface area contributed by atoms with Gasteiger partial charge in [-0.05, 0) is 26.7 Å². The minimum atomic E-state index is -4.14. The van der Waals surface area contributed by atoms with Crippen LogP contribution in [0.25, 0.3) is 0 Å². The highest BCUT2D eigenvalue weighted by Crippen LogP contribution is 2.29. The normalized spacial score (nSPS) is 25.5. The van der Waals surface area contributed by atoms with Gasteiger partial charge in [-0.1, -0.05) is 0 Å². The molecule has 0 radical (unpaired) electrons. The Hall–Kier alpha value is -1.70. The van der Waals surface area contributed by atoms with Crippen molar-refractivity contribution in [1.82, 2.24) is 13.9 Å². The van der Waals surface area contributed by atoms with E-state index in [4.69, 9.17) is 11.0 Å². The van der Waals surface area contributed by atoms with E-state index in [-0.39, 0.29) is 25.9 Å². The van der Waals surface area contributed by atoms with Crippen LogP contribution in [0, 0.1) is 11.3 Å². The lowest BCUT2D eigenvalue weighted by atomic mass is 9.91. The zero-order valence-corrected chi connectivity index (χ0v) is 12.6. The highest BCUT2D eigenvalue weighted by Gasteiger charge is 2.54. The molecule has 116 valence electrons. The predicted octanol–water partition coefficient (Wildman–Crippen LogP) is -1.12. The number of piperidine rings is 1. The number of carbonyl (C=O) groups is 2. The Morgan fingerprint density at radius 2 is 1.81 bits per heavy atom. The van der Waals surface area contributed by atoms with Crippen molar-refractivity contribution in [1.29, 1.82) is 5.26 Å². The molecule has 2 saturated heterocycles.